The summed E-state index contributed by atoms with van der Waals surface area (Å²) in [4.78, 5) is 37.6. The first-order valence-electron chi connectivity index (χ1n) is 8.29. The number of rotatable bonds is 4. The average Bonchev–Trinajstić information content (AvgIpc) is 2.63. The van der Waals surface area contributed by atoms with Gasteiger partial charge in [0.2, 0.25) is 0 Å². The first-order chi connectivity index (χ1) is 11.5. The van der Waals surface area contributed by atoms with E-state index in [2.05, 4.69) is 11.9 Å². The predicted octanol–water partition coefficient (Wildman–Crippen LogP) is 2.39. The lowest BCUT2D eigenvalue weighted by Gasteiger charge is -2.35. The van der Waals surface area contributed by atoms with Gasteiger partial charge in [-0.25, -0.2) is 14.4 Å². The van der Waals surface area contributed by atoms with E-state index in [1.807, 2.05) is 0 Å². The molecule has 142 valence electrons. The molecule has 0 spiro atoms. The molecule has 0 radical (unpaired) electrons. The molecule has 2 N–H and O–H groups in total. The zero-order valence-electron chi connectivity index (χ0n) is 15.3. The molecule has 0 saturated carbocycles. The van der Waals surface area contributed by atoms with Crippen LogP contribution in [0.2, 0.25) is 0 Å². The summed E-state index contributed by atoms with van der Waals surface area (Å²) in [7, 11) is 0. The van der Waals surface area contributed by atoms with E-state index in [0.717, 1.165) is 0 Å². The van der Waals surface area contributed by atoms with Gasteiger partial charge in [0, 0.05) is 19.0 Å². The van der Waals surface area contributed by atoms with E-state index >= 15 is 0 Å². The van der Waals surface area contributed by atoms with Crippen LogP contribution >= 0.6 is 0 Å². The van der Waals surface area contributed by atoms with E-state index in [0.29, 0.717) is 13.0 Å². The normalized spacial score (nSPS) is 24.0. The number of hydrogen-bond donors (Lipinski definition) is 2. The minimum Gasteiger partial charge on any atom is -0.479 e. The lowest BCUT2D eigenvalue weighted by Crippen LogP contribution is -2.60. The minimum atomic E-state index is -1.50. The Bertz CT molecular complexity index is 528. The van der Waals surface area contributed by atoms with Crippen LogP contribution in [0, 0.1) is 5.92 Å². The molecule has 2 atom stereocenters. The third kappa shape index (κ3) is 5.65. The number of likely N-dealkylation sites (tertiary alicyclic amines) is 1. The lowest BCUT2D eigenvalue weighted by molar-refractivity contribution is -0.147. The molecule has 1 heterocycles. The van der Waals surface area contributed by atoms with Gasteiger partial charge in [0.15, 0.2) is 0 Å². The van der Waals surface area contributed by atoms with Gasteiger partial charge in [0.1, 0.15) is 17.7 Å². The van der Waals surface area contributed by atoms with Crippen LogP contribution in [0.4, 0.5) is 9.59 Å². The summed E-state index contributed by atoms with van der Waals surface area (Å²) in [5, 5.41) is 12.3. The van der Waals surface area contributed by atoms with E-state index in [4.69, 9.17) is 9.47 Å². The number of carbonyl (C=O) groups excluding carboxylic acids is 2. The monoisotopic (exact) mass is 356 g/mol. The maximum absolute atomic E-state index is 12.1. The van der Waals surface area contributed by atoms with Gasteiger partial charge in [-0.05, 0) is 33.6 Å². The third-order valence-electron chi connectivity index (χ3n) is 4.02. The molecule has 1 aliphatic heterocycles. The molecular formula is C17H28N2O6. The second kappa shape index (κ2) is 8.22. The highest BCUT2D eigenvalue weighted by Gasteiger charge is 2.48. The Labute approximate surface area is 148 Å². The number of nitrogens with zero attached hydrogens (tertiary/aromatic N) is 1. The van der Waals surface area contributed by atoms with E-state index < -0.39 is 35.2 Å². The van der Waals surface area contributed by atoms with Crippen molar-refractivity contribution < 1.29 is 29.0 Å². The van der Waals surface area contributed by atoms with Crippen LogP contribution < -0.4 is 5.32 Å². The van der Waals surface area contributed by atoms with Gasteiger partial charge in [0.05, 0.1) is 0 Å². The quantitative estimate of drug-likeness (QED) is 0.749. The molecule has 0 bridgehead atoms. The molecule has 0 unspecified atom stereocenters. The van der Waals surface area contributed by atoms with E-state index in [1.165, 1.54) is 11.0 Å². The smallest absolute Gasteiger partial charge is 0.410 e. The van der Waals surface area contributed by atoms with Crippen molar-refractivity contribution in [3.8, 4) is 0 Å². The van der Waals surface area contributed by atoms with Gasteiger partial charge >= 0.3 is 18.2 Å². The fourth-order valence-electron chi connectivity index (χ4n) is 2.80. The number of carboxylic acid groups (broad SMARTS) is 1. The Balaban J connectivity index is 2.93. The first-order valence-corrected chi connectivity index (χ1v) is 8.29. The second-order valence-corrected chi connectivity index (χ2v) is 7.22. The summed E-state index contributed by atoms with van der Waals surface area (Å²) in [6.45, 7) is 10.9. The van der Waals surface area contributed by atoms with Gasteiger partial charge < -0.3 is 24.8 Å². The molecule has 1 saturated heterocycles. The van der Waals surface area contributed by atoms with Crippen LogP contribution in [0.25, 0.3) is 0 Å². The van der Waals surface area contributed by atoms with E-state index in [-0.39, 0.29) is 19.6 Å². The van der Waals surface area contributed by atoms with Crippen LogP contribution in [-0.2, 0) is 14.3 Å². The molecule has 8 nitrogen and oxygen atoms in total. The third-order valence-corrected chi connectivity index (χ3v) is 4.02. The molecular weight excluding hydrogens is 328 g/mol. The molecule has 1 rings (SSSR count). The Morgan fingerprint density at radius 2 is 2.04 bits per heavy atom. The summed E-state index contributed by atoms with van der Waals surface area (Å²) < 4.78 is 10.2. The summed E-state index contributed by atoms with van der Waals surface area (Å²) in [6, 6.07) is 0. The fraction of sp³-hybridized carbons (Fsp3) is 0.706. The SMILES string of the molecule is C=CCOC(=O)N1CCC[C@@](NC(=O)OC(C)(C)C)(C(=O)O)[C@H](C)C1. The van der Waals surface area contributed by atoms with Crippen molar-refractivity contribution in [2.45, 2.75) is 51.7 Å². The largest absolute Gasteiger partial charge is 0.479 e. The molecule has 1 fully saturated rings. The molecule has 25 heavy (non-hydrogen) atoms. The van der Waals surface area contributed by atoms with Crippen LogP contribution in [0.3, 0.4) is 0 Å². The maximum atomic E-state index is 12.1. The van der Waals surface area contributed by atoms with E-state index in [9.17, 15) is 19.5 Å². The van der Waals surface area contributed by atoms with Gasteiger partial charge in [-0.3, -0.25) is 0 Å². The van der Waals surface area contributed by atoms with Crippen molar-refractivity contribution in [3.63, 3.8) is 0 Å². The maximum Gasteiger partial charge on any atom is 0.410 e. The number of ether oxygens (including phenoxy) is 2. The number of carbonyl (C=O) groups is 3. The Kier molecular flexibility index (Phi) is 6.84. The minimum absolute atomic E-state index is 0.0872. The summed E-state index contributed by atoms with van der Waals surface area (Å²) >= 11 is 0. The van der Waals surface area contributed by atoms with E-state index in [1.54, 1.807) is 27.7 Å². The van der Waals surface area contributed by atoms with Crippen molar-refractivity contribution in [1.82, 2.24) is 10.2 Å². The molecule has 0 aromatic carbocycles. The second-order valence-electron chi connectivity index (χ2n) is 7.22. The Hall–Kier alpha value is -2.25. The van der Waals surface area contributed by atoms with Gasteiger partial charge in [-0.1, -0.05) is 19.6 Å². The number of amides is 2. The van der Waals surface area contributed by atoms with Gasteiger partial charge in [-0.2, -0.15) is 0 Å². The number of nitrogens with one attached hydrogen (secondary N) is 1. The Morgan fingerprint density at radius 1 is 1.40 bits per heavy atom. The molecule has 2 amide bonds. The molecule has 8 heteroatoms. The van der Waals surface area contributed by atoms with Crippen molar-refractivity contribution >= 4 is 18.2 Å². The summed E-state index contributed by atoms with van der Waals surface area (Å²) in [5.41, 5.74) is -2.24. The number of hydrogen-bond acceptors (Lipinski definition) is 5. The molecule has 0 aromatic heterocycles. The number of alkyl carbamates (subject to hydrolysis) is 1. The predicted molar refractivity (Wildman–Crippen MR) is 91.3 cm³/mol. The first kappa shape index (κ1) is 20.8. The zero-order chi connectivity index (χ0) is 19.3. The topological polar surface area (TPSA) is 105 Å². The van der Waals surface area contributed by atoms with Crippen molar-refractivity contribution in [1.29, 1.82) is 0 Å². The van der Waals surface area contributed by atoms with Gasteiger partial charge in [-0.15, -0.1) is 0 Å². The fourth-order valence-corrected chi connectivity index (χ4v) is 2.80. The van der Waals surface area contributed by atoms with Crippen LogP contribution in [0.15, 0.2) is 12.7 Å². The average molecular weight is 356 g/mol. The standard InChI is InChI=1S/C17H28N2O6/c1-6-10-24-15(23)19-9-7-8-17(13(20)21,12(2)11-19)18-14(22)25-16(3,4)5/h6,12H,1,7-11H2,2-5H3,(H,18,22)(H,20,21)/t12-,17+/m1/s1. The Morgan fingerprint density at radius 3 is 2.56 bits per heavy atom. The highest BCUT2D eigenvalue weighted by atomic mass is 16.6. The van der Waals surface area contributed by atoms with Crippen LogP contribution in [0.1, 0.15) is 40.5 Å². The van der Waals surface area contributed by atoms with Crippen LogP contribution in [0.5, 0.6) is 0 Å². The number of aliphatic carboxylic acids is 1. The van der Waals surface area contributed by atoms with Crippen LogP contribution in [-0.4, -0.2) is 59.0 Å². The van der Waals surface area contributed by atoms with Crippen molar-refractivity contribution in [2.24, 2.45) is 5.92 Å². The highest BCUT2D eigenvalue weighted by molar-refractivity contribution is 5.85. The number of carboxylic acids is 1. The summed E-state index contributed by atoms with van der Waals surface area (Å²) in [5.74, 6) is -1.68. The summed E-state index contributed by atoms with van der Waals surface area (Å²) in [6.07, 6.45) is 0.753. The molecule has 0 aliphatic carbocycles. The molecule has 0 aromatic rings. The van der Waals surface area contributed by atoms with Crippen molar-refractivity contribution in [2.75, 3.05) is 19.7 Å². The lowest BCUT2D eigenvalue weighted by atomic mass is 9.82. The van der Waals surface area contributed by atoms with Gasteiger partial charge in [0.25, 0.3) is 0 Å². The molecule has 1 aliphatic rings. The zero-order valence-corrected chi connectivity index (χ0v) is 15.3. The van der Waals surface area contributed by atoms with Crippen molar-refractivity contribution in [3.05, 3.63) is 12.7 Å². The highest BCUT2D eigenvalue weighted by Crippen LogP contribution is 2.29.